The van der Waals surface area contributed by atoms with Gasteiger partial charge in [-0.3, -0.25) is 0 Å². The van der Waals surface area contributed by atoms with E-state index in [4.69, 9.17) is 0 Å². The molecule has 156 valence electrons. The van der Waals surface area contributed by atoms with Crippen LogP contribution >= 0.6 is 0 Å². The summed E-state index contributed by atoms with van der Waals surface area (Å²) in [6.45, 7) is 17.8. The van der Waals surface area contributed by atoms with Crippen LogP contribution in [0.3, 0.4) is 0 Å². The Hall–Kier alpha value is -1.59. The van der Waals surface area contributed by atoms with Crippen LogP contribution in [0.1, 0.15) is 66.5 Å². The summed E-state index contributed by atoms with van der Waals surface area (Å²) in [5.41, 5.74) is 3.40. The average Bonchev–Trinajstić information content (AvgIpc) is 3.25. The number of fused-ring (bicyclic) bond motifs is 2. The van der Waals surface area contributed by atoms with Crippen molar-refractivity contribution in [2.24, 2.45) is 0 Å². The average molecular weight is 476 g/mol. The molecule has 0 atom stereocenters. The SMILES string of the molecule is CC(C)(C)c1c[cH-]c2ccccc12.CC(C)(C)c1c[cH-]c2ccccc12.C[C](C)=[Zr+2]. The van der Waals surface area contributed by atoms with Gasteiger partial charge in [0.25, 0.3) is 0 Å². The number of rotatable bonds is 0. The fourth-order valence-corrected chi connectivity index (χ4v) is 3.61. The van der Waals surface area contributed by atoms with E-state index < -0.39 is 0 Å². The van der Waals surface area contributed by atoms with Gasteiger partial charge >= 0.3 is 41.3 Å². The Labute approximate surface area is 198 Å². The van der Waals surface area contributed by atoms with Crippen molar-refractivity contribution in [1.29, 1.82) is 0 Å². The van der Waals surface area contributed by atoms with E-state index in [2.05, 4.69) is 128 Å². The third kappa shape index (κ3) is 6.71. The molecule has 30 heavy (non-hydrogen) atoms. The van der Waals surface area contributed by atoms with Crippen LogP contribution in [0.2, 0.25) is 0 Å². The van der Waals surface area contributed by atoms with Gasteiger partial charge in [0.05, 0.1) is 0 Å². The van der Waals surface area contributed by atoms with Crippen molar-refractivity contribution in [3.63, 3.8) is 0 Å². The second kappa shape index (κ2) is 10.1. The van der Waals surface area contributed by atoms with Crippen molar-refractivity contribution in [1.82, 2.24) is 0 Å². The molecule has 0 aromatic heterocycles. The monoisotopic (exact) mass is 474 g/mol. The van der Waals surface area contributed by atoms with E-state index in [1.54, 1.807) is 24.2 Å². The zero-order chi connectivity index (χ0) is 22.5. The fraction of sp³-hybridized carbons (Fsp3) is 0.345. The van der Waals surface area contributed by atoms with E-state index in [1.807, 2.05) is 0 Å². The van der Waals surface area contributed by atoms with Gasteiger partial charge < -0.3 is 0 Å². The molecule has 0 saturated heterocycles. The van der Waals surface area contributed by atoms with Crippen LogP contribution in [-0.2, 0) is 35.1 Å². The Morgan fingerprint density at radius 1 is 0.633 bits per heavy atom. The standard InChI is InChI=1S/2C13H15.C3H6.Zr/c2*1-13(2,3)12-9-8-10-6-4-5-7-11(10)12;1-3-2;/h2*4-9H,1-3H3;1-2H3;/q2*-1;;+2. The van der Waals surface area contributed by atoms with Crippen LogP contribution in [-0.4, -0.2) is 3.21 Å². The number of hydrogen-bond donors (Lipinski definition) is 0. The molecule has 0 radical (unpaired) electrons. The van der Waals surface area contributed by atoms with Crippen molar-refractivity contribution >= 4 is 24.8 Å². The van der Waals surface area contributed by atoms with Gasteiger partial charge in [0.15, 0.2) is 0 Å². The third-order valence-corrected chi connectivity index (χ3v) is 4.98. The Kier molecular flexibility index (Phi) is 8.35. The molecule has 0 nitrogen and oxygen atoms in total. The first-order chi connectivity index (χ1) is 13.9. The van der Waals surface area contributed by atoms with Crippen LogP contribution in [0.4, 0.5) is 0 Å². The minimum atomic E-state index is 0.253. The molecule has 0 spiro atoms. The summed E-state index contributed by atoms with van der Waals surface area (Å²) in [5.74, 6) is 0. The zero-order valence-electron chi connectivity index (χ0n) is 19.9. The first kappa shape index (κ1) is 24.7. The summed E-state index contributed by atoms with van der Waals surface area (Å²) in [7, 11) is 0. The van der Waals surface area contributed by atoms with Crippen LogP contribution in [0.5, 0.6) is 0 Å². The molecular weight excluding hydrogens is 440 g/mol. The van der Waals surface area contributed by atoms with E-state index in [-0.39, 0.29) is 10.8 Å². The molecule has 0 bridgehead atoms. The van der Waals surface area contributed by atoms with Gasteiger partial charge in [0, 0.05) is 0 Å². The first-order valence-corrected chi connectivity index (χ1v) is 12.0. The molecule has 0 heterocycles. The molecule has 4 rings (SSSR count). The number of hydrogen-bond acceptors (Lipinski definition) is 0. The van der Waals surface area contributed by atoms with Gasteiger partial charge in [-0.2, -0.15) is 0 Å². The van der Waals surface area contributed by atoms with Gasteiger partial charge in [-0.1, -0.05) is 64.5 Å². The van der Waals surface area contributed by atoms with E-state index >= 15 is 0 Å². The molecule has 0 saturated carbocycles. The molecule has 0 N–H and O–H groups in total. The van der Waals surface area contributed by atoms with E-state index in [0.717, 1.165) is 0 Å². The Morgan fingerprint density at radius 3 is 1.23 bits per heavy atom. The number of benzene rings is 2. The van der Waals surface area contributed by atoms with Crippen LogP contribution < -0.4 is 0 Å². The van der Waals surface area contributed by atoms with Crippen molar-refractivity contribution in [3.8, 4) is 0 Å². The van der Waals surface area contributed by atoms with E-state index in [0.29, 0.717) is 0 Å². The fourth-order valence-electron chi connectivity index (χ4n) is 3.61. The molecule has 1 heteroatoms. The van der Waals surface area contributed by atoms with Gasteiger partial charge in [0.1, 0.15) is 0 Å². The maximum absolute atomic E-state index is 2.26. The van der Waals surface area contributed by atoms with Crippen LogP contribution in [0.15, 0.2) is 72.8 Å². The summed E-state index contributed by atoms with van der Waals surface area (Å²) < 4.78 is 1.51. The van der Waals surface area contributed by atoms with E-state index in [9.17, 15) is 0 Å². The molecule has 4 aromatic carbocycles. The predicted molar refractivity (Wildman–Crippen MR) is 133 cm³/mol. The van der Waals surface area contributed by atoms with Crippen LogP contribution in [0.25, 0.3) is 21.5 Å². The molecule has 0 fully saturated rings. The van der Waals surface area contributed by atoms with Crippen LogP contribution in [0, 0.1) is 0 Å². The molecular formula is C29H36Zr. The van der Waals surface area contributed by atoms with Crippen molar-refractivity contribution in [2.45, 2.75) is 66.2 Å². The third-order valence-electron chi connectivity index (χ3n) is 4.98. The van der Waals surface area contributed by atoms with Crippen molar-refractivity contribution in [3.05, 3.63) is 83.9 Å². The summed E-state index contributed by atoms with van der Waals surface area (Å²) in [5, 5.41) is 5.50. The first-order valence-electron chi connectivity index (χ1n) is 10.7. The molecule has 4 aromatic rings. The van der Waals surface area contributed by atoms with Gasteiger partial charge in [0.2, 0.25) is 0 Å². The Balaban J connectivity index is 0.000000182. The normalized spacial score (nSPS) is 11.5. The molecule has 0 aliphatic heterocycles. The van der Waals surface area contributed by atoms with Crippen molar-refractivity contribution < 1.29 is 24.2 Å². The molecule has 0 aliphatic carbocycles. The Morgan fingerprint density at radius 2 is 0.933 bits per heavy atom. The zero-order valence-corrected chi connectivity index (χ0v) is 22.4. The molecule has 0 aliphatic rings. The predicted octanol–water partition coefficient (Wildman–Crippen LogP) is 8.46. The topological polar surface area (TPSA) is 0 Å². The van der Waals surface area contributed by atoms with E-state index in [1.165, 1.54) is 35.9 Å². The summed E-state index contributed by atoms with van der Waals surface area (Å²) >= 11 is 1.55. The summed E-state index contributed by atoms with van der Waals surface area (Å²) in [4.78, 5) is 0. The summed E-state index contributed by atoms with van der Waals surface area (Å²) in [6.07, 6.45) is 0. The Bertz CT molecular complexity index is 1000. The maximum atomic E-state index is 2.26. The summed E-state index contributed by atoms with van der Waals surface area (Å²) in [6, 6.07) is 26.0. The molecule has 0 unspecified atom stereocenters. The van der Waals surface area contributed by atoms with Gasteiger partial charge in [-0.25, -0.2) is 0 Å². The van der Waals surface area contributed by atoms with Gasteiger partial charge in [-0.05, 0) is 0 Å². The second-order valence-corrected chi connectivity index (χ2v) is 12.6. The quantitative estimate of drug-likeness (QED) is 0.224. The minimum absolute atomic E-state index is 0.253. The van der Waals surface area contributed by atoms with Gasteiger partial charge in [-0.15, -0.1) is 93.3 Å². The van der Waals surface area contributed by atoms with Crippen molar-refractivity contribution in [2.75, 3.05) is 0 Å². The second-order valence-electron chi connectivity index (χ2n) is 10.2. The molecule has 0 amide bonds.